The molecule has 1 aliphatic heterocycles. The maximum atomic E-state index is 12.2. The molecule has 2 rings (SSSR count). The van der Waals surface area contributed by atoms with E-state index < -0.39 is 24.5 Å². The fourth-order valence-corrected chi connectivity index (χ4v) is 2.57. The van der Waals surface area contributed by atoms with Crippen molar-refractivity contribution in [3.8, 4) is 5.75 Å². The van der Waals surface area contributed by atoms with E-state index in [0.29, 0.717) is 11.3 Å². The topological polar surface area (TPSA) is 84.9 Å². The molecular weight excluding hydrogens is 392 g/mol. The summed E-state index contributed by atoms with van der Waals surface area (Å²) in [6, 6.07) is 4.69. The van der Waals surface area contributed by atoms with Crippen molar-refractivity contribution in [1.29, 1.82) is 0 Å². The van der Waals surface area contributed by atoms with Crippen LogP contribution in [0.3, 0.4) is 0 Å². The summed E-state index contributed by atoms with van der Waals surface area (Å²) < 4.78 is 11.0. The van der Waals surface area contributed by atoms with Gasteiger partial charge in [-0.1, -0.05) is 13.0 Å². The maximum Gasteiger partial charge on any atom is 0.329 e. The van der Waals surface area contributed by atoms with Gasteiger partial charge in [0.05, 0.1) is 17.7 Å². The molecular formula is C17H19BrN2O5. The number of halogens is 1. The monoisotopic (exact) mass is 410 g/mol. The molecule has 1 heterocycles. The first-order chi connectivity index (χ1) is 11.8. The number of hydrogen-bond donors (Lipinski definition) is 1. The van der Waals surface area contributed by atoms with Crippen molar-refractivity contribution in [1.82, 2.24) is 10.2 Å². The lowest BCUT2D eigenvalue weighted by molar-refractivity contribution is -0.143. The molecule has 0 aromatic heterocycles. The molecule has 0 spiro atoms. The van der Waals surface area contributed by atoms with E-state index >= 15 is 0 Å². The molecule has 1 aliphatic rings. The normalized spacial score (nSPS) is 16.8. The van der Waals surface area contributed by atoms with E-state index in [9.17, 15) is 14.4 Å². The quantitative estimate of drug-likeness (QED) is 0.442. The number of nitrogens with one attached hydrogen (secondary N) is 1. The number of nitrogens with zero attached hydrogens (tertiary/aromatic N) is 1. The number of amides is 3. The van der Waals surface area contributed by atoms with Crippen LogP contribution in [0.4, 0.5) is 4.79 Å². The predicted molar refractivity (Wildman–Crippen MR) is 94.8 cm³/mol. The number of rotatable bonds is 6. The average molecular weight is 411 g/mol. The molecule has 3 amide bonds. The molecule has 1 aromatic carbocycles. The Morgan fingerprint density at radius 2 is 2.12 bits per heavy atom. The first-order valence-corrected chi connectivity index (χ1v) is 8.52. The van der Waals surface area contributed by atoms with Crippen LogP contribution < -0.4 is 10.1 Å². The van der Waals surface area contributed by atoms with Crippen LogP contribution in [0.1, 0.15) is 25.8 Å². The summed E-state index contributed by atoms with van der Waals surface area (Å²) in [7, 11) is 1.19. The number of urea groups is 1. The Morgan fingerprint density at radius 3 is 2.72 bits per heavy atom. The van der Waals surface area contributed by atoms with Gasteiger partial charge in [-0.3, -0.25) is 9.59 Å². The predicted octanol–water partition coefficient (Wildman–Crippen LogP) is 2.69. The Morgan fingerprint density at radius 1 is 1.40 bits per heavy atom. The van der Waals surface area contributed by atoms with E-state index in [1.165, 1.54) is 13.2 Å². The average Bonchev–Trinajstić information content (AvgIpc) is 2.84. The molecule has 1 atom stereocenters. The lowest BCUT2D eigenvalue weighted by Crippen LogP contribution is -2.36. The molecule has 0 saturated carbocycles. The van der Waals surface area contributed by atoms with Crippen molar-refractivity contribution in [2.45, 2.75) is 26.4 Å². The number of imide groups is 1. The van der Waals surface area contributed by atoms with Crippen LogP contribution in [-0.4, -0.2) is 42.6 Å². The van der Waals surface area contributed by atoms with Gasteiger partial charge in [-0.05, 0) is 53.0 Å². The molecule has 1 N–H and O–H groups in total. The zero-order valence-electron chi connectivity index (χ0n) is 14.2. The Kier molecular flexibility index (Phi) is 6.19. The molecule has 1 aromatic rings. The van der Waals surface area contributed by atoms with E-state index in [1.807, 2.05) is 13.8 Å². The number of methoxy groups -OCH3 is 1. The van der Waals surface area contributed by atoms with Crippen molar-refractivity contribution >= 4 is 39.9 Å². The van der Waals surface area contributed by atoms with Crippen LogP contribution in [0.15, 0.2) is 28.4 Å². The minimum atomic E-state index is -0.668. The summed E-state index contributed by atoms with van der Waals surface area (Å²) in [6.45, 7) is 3.58. The second-order valence-corrected chi connectivity index (χ2v) is 6.34. The van der Waals surface area contributed by atoms with E-state index in [2.05, 4.69) is 26.0 Å². The molecule has 0 bridgehead atoms. The van der Waals surface area contributed by atoms with E-state index in [-0.39, 0.29) is 11.8 Å². The number of esters is 1. The first kappa shape index (κ1) is 19.0. The van der Waals surface area contributed by atoms with Gasteiger partial charge in [0.25, 0.3) is 5.91 Å². The van der Waals surface area contributed by atoms with Crippen LogP contribution in [0.2, 0.25) is 0 Å². The minimum Gasteiger partial charge on any atom is -0.490 e. The number of hydrogen-bond acceptors (Lipinski definition) is 5. The number of carbonyl (C=O) groups excluding carboxylic acids is 3. The van der Waals surface area contributed by atoms with Gasteiger partial charge < -0.3 is 14.8 Å². The Labute approximate surface area is 154 Å². The van der Waals surface area contributed by atoms with Crippen molar-refractivity contribution in [3.63, 3.8) is 0 Å². The summed E-state index contributed by atoms with van der Waals surface area (Å²) in [5, 5.41) is 2.45. The summed E-state index contributed by atoms with van der Waals surface area (Å²) in [4.78, 5) is 36.1. The number of benzene rings is 1. The third-order valence-corrected chi connectivity index (χ3v) is 4.27. The SMILES string of the molecule is CC[C@@H](C)Oc1ccc(/C=C2/NC(=O)N(CC(=O)OC)C2=O)cc1Br. The van der Waals surface area contributed by atoms with Gasteiger partial charge in [0, 0.05) is 0 Å². The fraction of sp³-hybridized carbons (Fsp3) is 0.353. The standard InChI is InChI=1S/C17H19BrN2O5/c1-4-10(2)25-14-6-5-11(7-12(14)18)8-13-16(22)20(17(23)19-13)9-15(21)24-3/h5-8,10H,4,9H2,1-3H3,(H,19,23)/b13-8+/t10-/m1/s1. The number of carbonyl (C=O) groups is 3. The Hall–Kier alpha value is -2.35. The van der Waals surface area contributed by atoms with Crippen LogP contribution >= 0.6 is 15.9 Å². The van der Waals surface area contributed by atoms with Crippen LogP contribution in [0.5, 0.6) is 5.75 Å². The highest BCUT2D eigenvalue weighted by molar-refractivity contribution is 9.10. The zero-order valence-corrected chi connectivity index (χ0v) is 15.8. The van der Waals surface area contributed by atoms with Crippen molar-refractivity contribution in [2.75, 3.05) is 13.7 Å². The first-order valence-electron chi connectivity index (χ1n) is 7.73. The zero-order chi connectivity index (χ0) is 18.6. The second-order valence-electron chi connectivity index (χ2n) is 5.48. The summed E-state index contributed by atoms with van der Waals surface area (Å²) in [5.41, 5.74) is 0.795. The van der Waals surface area contributed by atoms with E-state index in [1.54, 1.807) is 18.2 Å². The summed E-state index contributed by atoms with van der Waals surface area (Å²) in [6.07, 6.45) is 2.51. The highest BCUT2D eigenvalue weighted by atomic mass is 79.9. The van der Waals surface area contributed by atoms with Crippen molar-refractivity contribution < 1.29 is 23.9 Å². The minimum absolute atomic E-state index is 0.0862. The van der Waals surface area contributed by atoms with Gasteiger partial charge in [0.1, 0.15) is 18.0 Å². The molecule has 0 unspecified atom stereocenters. The van der Waals surface area contributed by atoms with Gasteiger partial charge in [0.2, 0.25) is 0 Å². The van der Waals surface area contributed by atoms with Crippen molar-refractivity contribution in [3.05, 3.63) is 33.9 Å². The lowest BCUT2D eigenvalue weighted by Gasteiger charge is -2.14. The molecule has 8 heteroatoms. The van der Waals surface area contributed by atoms with Gasteiger partial charge in [-0.2, -0.15) is 0 Å². The van der Waals surface area contributed by atoms with Crippen LogP contribution in [0.25, 0.3) is 6.08 Å². The van der Waals surface area contributed by atoms with E-state index in [0.717, 1.165) is 15.8 Å². The maximum absolute atomic E-state index is 12.2. The highest BCUT2D eigenvalue weighted by Crippen LogP contribution is 2.28. The van der Waals surface area contributed by atoms with Crippen molar-refractivity contribution in [2.24, 2.45) is 0 Å². The van der Waals surface area contributed by atoms with Gasteiger partial charge in [0.15, 0.2) is 0 Å². The number of ether oxygens (including phenoxy) is 2. The molecule has 0 radical (unpaired) electrons. The molecule has 7 nitrogen and oxygen atoms in total. The molecule has 134 valence electrons. The Balaban J connectivity index is 2.17. The van der Waals surface area contributed by atoms with Crippen LogP contribution in [0, 0.1) is 0 Å². The third-order valence-electron chi connectivity index (χ3n) is 3.65. The van der Waals surface area contributed by atoms with Gasteiger partial charge in [-0.25, -0.2) is 9.69 Å². The lowest BCUT2D eigenvalue weighted by atomic mass is 10.2. The summed E-state index contributed by atoms with van der Waals surface area (Å²) in [5.74, 6) is -0.545. The highest BCUT2D eigenvalue weighted by Gasteiger charge is 2.35. The summed E-state index contributed by atoms with van der Waals surface area (Å²) >= 11 is 3.44. The van der Waals surface area contributed by atoms with Gasteiger partial charge in [-0.15, -0.1) is 0 Å². The smallest absolute Gasteiger partial charge is 0.329 e. The largest absolute Gasteiger partial charge is 0.490 e. The molecule has 25 heavy (non-hydrogen) atoms. The molecule has 1 saturated heterocycles. The van der Waals surface area contributed by atoms with Gasteiger partial charge >= 0.3 is 12.0 Å². The van der Waals surface area contributed by atoms with E-state index in [4.69, 9.17) is 4.74 Å². The third kappa shape index (κ3) is 4.60. The second kappa shape index (κ2) is 8.15. The fourth-order valence-electron chi connectivity index (χ4n) is 2.08. The Bertz CT molecular complexity index is 732. The molecule has 0 aliphatic carbocycles. The van der Waals surface area contributed by atoms with Crippen LogP contribution in [-0.2, 0) is 14.3 Å². The molecule has 1 fully saturated rings.